The summed E-state index contributed by atoms with van der Waals surface area (Å²) in [5.74, 6) is 1.49. The number of aryl methyl sites for hydroxylation is 1. The van der Waals surface area contributed by atoms with Crippen molar-refractivity contribution < 1.29 is 4.42 Å². The molecule has 1 heterocycles. The monoisotopic (exact) mass is 363 g/mol. The fourth-order valence-electron chi connectivity index (χ4n) is 1.12. The Kier molecular flexibility index (Phi) is 2.92. The summed E-state index contributed by atoms with van der Waals surface area (Å²) >= 11 is 5.74. The SMILES string of the molecule is Cc1cnc(-c2ccc(I)c(Br)c2)o1. The molecule has 0 fully saturated rings. The van der Waals surface area contributed by atoms with Crippen molar-refractivity contribution in [2.45, 2.75) is 6.92 Å². The van der Waals surface area contributed by atoms with E-state index in [1.807, 2.05) is 25.1 Å². The van der Waals surface area contributed by atoms with Crippen LogP contribution in [-0.2, 0) is 0 Å². The molecule has 0 aliphatic carbocycles. The molecule has 0 atom stereocenters. The second-order valence-electron chi connectivity index (χ2n) is 2.90. The van der Waals surface area contributed by atoms with Gasteiger partial charge in [-0.25, -0.2) is 4.98 Å². The smallest absolute Gasteiger partial charge is 0.226 e. The van der Waals surface area contributed by atoms with Crippen LogP contribution in [0, 0.1) is 10.5 Å². The molecule has 4 heteroatoms. The molecule has 0 saturated heterocycles. The fourth-order valence-corrected chi connectivity index (χ4v) is 1.83. The molecule has 1 aromatic heterocycles. The Morgan fingerprint density at radius 2 is 2.21 bits per heavy atom. The quantitative estimate of drug-likeness (QED) is 0.715. The van der Waals surface area contributed by atoms with Crippen LogP contribution >= 0.6 is 38.5 Å². The first-order valence-corrected chi connectivity index (χ1v) is 5.92. The highest BCUT2D eigenvalue weighted by molar-refractivity contribution is 14.1. The van der Waals surface area contributed by atoms with Crippen molar-refractivity contribution in [1.29, 1.82) is 0 Å². The molecule has 0 aliphatic rings. The molecule has 2 aromatic rings. The molecular weight excluding hydrogens is 357 g/mol. The number of aromatic nitrogens is 1. The minimum Gasteiger partial charge on any atom is -0.441 e. The van der Waals surface area contributed by atoms with E-state index in [9.17, 15) is 0 Å². The van der Waals surface area contributed by atoms with Crippen LogP contribution in [0.2, 0.25) is 0 Å². The summed E-state index contributed by atoms with van der Waals surface area (Å²) in [5, 5.41) is 0. The van der Waals surface area contributed by atoms with Crippen LogP contribution in [0.1, 0.15) is 5.76 Å². The number of rotatable bonds is 1. The number of benzene rings is 1. The van der Waals surface area contributed by atoms with Crippen LogP contribution in [0.3, 0.4) is 0 Å². The molecule has 72 valence electrons. The maximum Gasteiger partial charge on any atom is 0.226 e. The first kappa shape index (κ1) is 10.2. The fraction of sp³-hybridized carbons (Fsp3) is 0.100. The molecule has 2 rings (SSSR count). The molecule has 0 aliphatic heterocycles. The zero-order valence-corrected chi connectivity index (χ0v) is 11.2. The highest BCUT2D eigenvalue weighted by atomic mass is 127. The van der Waals surface area contributed by atoms with Crippen molar-refractivity contribution in [3.63, 3.8) is 0 Å². The average Bonchev–Trinajstić information content (AvgIpc) is 2.57. The summed E-state index contributed by atoms with van der Waals surface area (Å²) in [6, 6.07) is 6.03. The Hall–Kier alpha value is -0.360. The van der Waals surface area contributed by atoms with Crippen molar-refractivity contribution in [2.24, 2.45) is 0 Å². The van der Waals surface area contributed by atoms with Gasteiger partial charge < -0.3 is 4.42 Å². The lowest BCUT2D eigenvalue weighted by Gasteiger charge is -1.98. The van der Waals surface area contributed by atoms with E-state index < -0.39 is 0 Å². The standard InChI is InChI=1S/C10H7BrINO/c1-6-5-13-10(14-6)7-2-3-9(12)8(11)4-7/h2-5H,1H3. The number of hydrogen-bond acceptors (Lipinski definition) is 2. The molecule has 0 unspecified atom stereocenters. The van der Waals surface area contributed by atoms with Gasteiger partial charge in [0.15, 0.2) is 0 Å². The van der Waals surface area contributed by atoms with Gasteiger partial charge in [0.05, 0.1) is 6.20 Å². The van der Waals surface area contributed by atoms with Crippen LogP contribution < -0.4 is 0 Å². The number of halogens is 2. The van der Waals surface area contributed by atoms with Gasteiger partial charge in [0.2, 0.25) is 5.89 Å². The van der Waals surface area contributed by atoms with Gasteiger partial charge in [-0.05, 0) is 63.6 Å². The third-order valence-corrected chi connectivity index (χ3v) is 4.13. The molecule has 2 nitrogen and oxygen atoms in total. The van der Waals surface area contributed by atoms with Crippen molar-refractivity contribution in [2.75, 3.05) is 0 Å². The Labute approximate surface area is 104 Å². The van der Waals surface area contributed by atoms with E-state index in [0.29, 0.717) is 5.89 Å². The zero-order valence-electron chi connectivity index (χ0n) is 7.42. The molecule has 0 amide bonds. The summed E-state index contributed by atoms with van der Waals surface area (Å²) in [6.07, 6.45) is 1.72. The van der Waals surface area contributed by atoms with Gasteiger partial charge >= 0.3 is 0 Å². The lowest BCUT2D eigenvalue weighted by Crippen LogP contribution is -1.79. The third-order valence-electron chi connectivity index (χ3n) is 1.79. The van der Waals surface area contributed by atoms with Gasteiger partial charge in [-0.15, -0.1) is 0 Å². The first-order valence-electron chi connectivity index (χ1n) is 4.04. The van der Waals surface area contributed by atoms with Crippen molar-refractivity contribution >= 4 is 38.5 Å². The van der Waals surface area contributed by atoms with Crippen LogP contribution in [-0.4, -0.2) is 4.98 Å². The second-order valence-corrected chi connectivity index (χ2v) is 4.92. The van der Waals surface area contributed by atoms with Crippen LogP contribution in [0.4, 0.5) is 0 Å². The lowest BCUT2D eigenvalue weighted by molar-refractivity contribution is 0.542. The molecule has 0 bridgehead atoms. The normalized spacial score (nSPS) is 10.5. The number of nitrogens with zero attached hydrogens (tertiary/aromatic N) is 1. The van der Waals surface area contributed by atoms with Crippen molar-refractivity contribution in [3.8, 4) is 11.5 Å². The largest absolute Gasteiger partial charge is 0.441 e. The van der Waals surface area contributed by atoms with E-state index in [2.05, 4.69) is 43.5 Å². The Bertz CT molecular complexity index is 467. The first-order chi connectivity index (χ1) is 6.66. The molecule has 0 spiro atoms. The molecule has 0 radical (unpaired) electrons. The predicted octanol–water partition coefficient (Wildman–Crippen LogP) is 4.02. The van der Waals surface area contributed by atoms with Crippen LogP contribution in [0.5, 0.6) is 0 Å². The van der Waals surface area contributed by atoms with Gasteiger partial charge in [0.25, 0.3) is 0 Å². The minimum absolute atomic E-state index is 0.666. The summed E-state index contributed by atoms with van der Waals surface area (Å²) in [6.45, 7) is 1.89. The number of oxazole rings is 1. The van der Waals surface area contributed by atoms with Crippen molar-refractivity contribution in [3.05, 3.63) is 38.2 Å². The Morgan fingerprint density at radius 1 is 1.43 bits per heavy atom. The van der Waals surface area contributed by atoms with E-state index in [1.165, 1.54) is 3.57 Å². The van der Waals surface area contributed by atoms with Crippen LogP contribution in [0.25, 0.3) is 11.5 Å². The highest BCUT2D eigenvalue weighted by Crippen LogP contribution is 2.26. The minimum atomic E-state index is 0.666. The zero-order chi connectivity index (χ0) is 10.1. The van der Waals surface area contributed by atoms with E-state index in [4.69, 9.17) is 4.42 Å². The lowest BCUT2D eigenvalue weighted by atomic mass is 10.2. The summed E-state index contributed by atoms with van der Waals surface area (Å²) in [7, 11) is 0. The van der Waals surface area contributed by atoms with E-state index in [-0.39, 0.29) is 0 Å². The molecule has 0 saturated carbocycles. The van der Waals surface area contributed by atoms with Crippen LogP contribution in [0.15, 0.2) is 33.3 Å². The highest BCUT2D eigenvalue weighted by Gasteiger charge is 2.05. The summed E-state index contributed by atoms with van der Waals surface area (Å²) < 4.78 is 7.67. The van der Waals surface area contributed by atoms with E-state index in [1.54, 1.807) is 6.20 Å². The molecular formula is C10H7BrINO. The summed E-state index contributed by atoms with van der Waals surface area (Å²) in [5.41, 5.74) is 0.991. The van der Waals surface area contributed by atoms with E-state index >= 15 is 0 Å². The van der Waals surface area contributed by atoms with Gasteiger partial charge in [-0.2, -0.15) is 0 Å². The van der Waals surface area contributed by atoms with Gasteiger partial charge in [-0.3, -0.25) is 0 Å². The number of hydrogen-bond donors (Lipinski definition) is 0. The Balaban J connectivity index is 2.47. The predicted molar refractivity (Wildman–Crippen MR) is 67.1 cm³/mol. The maximum atomic E-state index is 5.43. The second kappa shape index (κ2) is 4.02. The van der Waals surface area contributed by atoms with Crippen molar-refractivity contribution in [1.82, 2.24) is 4.98 Å². The van der Waals surface area contributed by atoms with Gasteiger partial charge in [0, 0.05) is 13.6 Å². The Morgan fingerprint density at radius 3 is 2.79 bits per heavy atom. The van der Waals surface area contributed by atoms with Gasteiger partial charge in [-0.1, -0.05) is 0 Å². The summed E-state index contributed by atoms with van der Waals surface area (Å²) in [4.78, 5) is 4.17. The average molecular weight is 364 g/mol. The molecule has 0 N–H and O–H groups in total. The molecule has 1 aromatic carbocycles. The van der Waals surface area contributed by atoms with E-state index in [0.717, 1.165) is 15.8 Å². The third kappa shape index (κ3) is 2.00. The molecule has 14 heavy (non-hydrogen) atoms. The van der Waals surface area contributed by atoms with Gasteiger partial charge in [0.1, 0.15) is 5.76 Å². The maximum absolute atomic E-state index is 5.43. The topological polar surface area (TPSA) is 26.0 Å².